The van der Waals surface area contributed by atoms with Crippen LogP contribution in [-0.2, 0) is 0 Å². The smallest absolute Gasteiger partial charge is 0.105 e. The maximum Gasteiger partial charge on any atom is 0.105 e. The van der Waals surface area contributed by atoms with Gasteiger partial charge >= 0.3 is 0 Å². The molecule has 0 aromatic rings. The van der Waals surface area contributed by atoms with Crippen LogP contribution in [0.5, 0.6) is 0 Å². The Balaban J connectivity index is 1.74. The van der Waals surface area contributed by atoms with Crippen molar-refractivity contribution in [2.75, 3.05) is 0 Å². The van der Waals surface area contributed by atoms with Gasteiger partial charge in [-0.3, -0.25) is 0 Å². The lowest BCUT2D eigenvalue weighted by Gasteiger charge is -2.44. The summed E-state index contributed by atoms with van der Waals surface area (Å²) < 4.78 is 0. The van der Waals surface area contributed by atoms with Crippen LogP contribution >= 0.6 is 0 Å². The van der Waals surface area contributed by atoms with Crippen LogP contribution < -0.4 is 0 Å². The highest BCUT2D eigenvalue weighted by Crippen LogP contribution is 2.60. The third-order valence-corrected chi connectivity index (χ3v) is 8.57. The zero-order valence-corrected chi connectivity index (χ0v) is 20.0. The summed E-state index contributed by atoms with van der Waals surface area (Å²) in [7, 11) is 0. The first kappa shape index (κ1) is 24.7. The molecule has 0 saturated heterocycles. The van der Waals surface area contributed by atoms with Gasteiger partial charge in [0.25, 0.3) is 0 Å². The Hall–Kier alpha value is -0.940. The van der Waals surface area contributed by atoms with Gasteiger partial charge in [0.1, 0.15) is 6.10 Å². The summed E-state index contributed by atoms with van der Waals surface area (Å²) >= 11 is 0. The summed E-state index contributed by atoms with van der Waals surface area (Å²) in [6.07, 6.45) is 10.6. The third-order valence-electron chi connectivity index (χ3n) is 8.57. The predicted molar refractivity (Wildman–Crippen MR) is 125 cm³/mol. The minimum Gasteiger partial charge on any atom is -0.390 e. The van der Waals surface area contributed by atoms with E-state index in [9.17, 15) is 20.4 Å². The minimum absolute atomic E-state index is 0.141. The molecule has 3 fully saturated rings. The van der Waals surface area contributed by atoms with E-state index in [1.165, 1.54) is 37.7 Å². The number of fused-ring (bicyclic) bond motifs is 1. The van der Waals surface area contributed by atoms with Crippen molar-refractivity contribution in [3.05, 3.63) is 35.5 Å². The summed E-state index contributed by atoms with van der Waals surface area (Å²) in [6, 6.07) is 0. The van der Waals surface area contributed by atoms with Crippen molar-refractivity contribution in [2.24, 2.45) is 23.2 Å². The van der Waals surface area contributed by atoms with Crippen LogP contribution in [0.1, 0.15) is 85.5 Å². The molecule has 3 aliphatic carbocycles. The monoisotopic (exact) mass is 432 g/mol. The van der Waals surface area contributed by atoms with Gasteiger partial charge in [-0.2, -0.15) is 0 Å². The lowest BCUT2D eigenvalue weighted by molar-refractivity contribution is -0.00211. The summed E-state index contributed by atoms with van der Waals surface area (Å²) in [5.74, 6) is 1.92. The molecule has 3 saturated carbocycles. The number of aliphatic hydroxyl groups is 4. The van der Waals surface area contributed by atoms with E-state index in [-0.39, 0.29) is 6.42 Å². The van der Waals surface area contributed by atoms with E-state index in [1.54, 1.807) is 0 Å². The van der Waals surface area contributed by atoms with Gasteiger partial charge in [0, 0.05) is 6.42 Å². The zero-order valence-electron chi connectivity index (χ0n) is 20.0. The topological polar surface area (TPSA) is 80.9 Å². The standard InChI is InChI=1S/C27H44O4/c1-17(8-6-14-26(3,4)31)21-12-13-22-19(9-7-15-27(21,22)5)10-11-20-18(2)23(28)16-24(29)25(20)30/h10-11,17,21-25,28-31H,2,6-9,12-16H2,1,3-5H3/t17-,21-,22?,23+,24+,25+,27-/m1/s1. The molecule has 4 nitrogen and oxygen atoms in total. The molecule has 176 valence electrons. The van der Waals surface area contributed by atoms with E-state index in [2.05, 4.69) is 26.5 Å². The van der Waals surface area contributed by atoms with E-state index >= 15 is 0 Å². The summed E-state index contributed by atoms with van der Waals surface area (Å²) in [6.45, 7) is 12.6. The van der Waals surface area contributed by atoms with Crippen molar-refractivity contribution in [2.45, 2.75) is 109 Å². The van der Waals surface area contributed by atoms with Gasteiger partial charge in [-0.25, -0.2) is 0 Å². The fourth-order valence-corrected chi connectivity index (χ4v) is 6.76. The summed E-state index contributed by atoms with van der Waals surface area (Å²) in [5.41, 5.74) is 2.27. The third kappa shape index (κ3) is 5.35. The average Bonchev–Trinajstić information content (AvgIpc) is 3.03. The molecule has 3 rings (SSSR count). The van der Waals surface area contributed by atoms with Crippen molar-refractivity contribution in [1.29, 1.82) is 0 Å². The van der Waals surface area contributed by atoms with E-state index < -0.39 is 23.9 Å². The highest BCUT2D eigenvalue weighted by Gasteiger charge is 2.50. The molecule has 0 aromatic carbocycles. The second kappa shape index (κ2) is 9.51. The van der Waals surface area contributed by atoms with Gasteiger partial charge in [0.05, 0.1) is 17.8 Å². The molecule has 4 heteroatoms. The Kier molecular flexibility index (Phi) is 7.57. The predicted octanol–water partition coefficient (Wildman–Crippen LogP) is 4.68. The van der Waals surface area contributed by atoms with E-state index in [0.717, 1.165) is 19.3 Å². The van der Waals surface area contributed by atoms with Crippen LogP contribution in [0.2, 0.25) is 0 Å². The second-order valence-corrected chi connectivity index (χ2v) is 11.4. The number of rotatable bonds is 6. The van der Waals surface area contributed by atoms with Crippen molar-refractivity contribution in [1.82, 2.24) is 0 Å². The van der Waals surface area contributed by atoms with Crippen LogP contribution in [0.25, 0.3) is 0 Å². The Morgan fingerprint density at radius 3 is 2.58 bits per heavy atom. The number of hydrogen-bond donors (Lipinski definition) is 4. The molecular weight excluding hydrogens is 388 g/mol. The summed E-state index contributed by atoms with van der Waals surface area (Å²) in [5, 5.41) is 40.6. The van der Waals surface area contributed by atoms with E-state index in [4.69, 9.17) is 0 Å². The fourth-order valence-electron chi connectivity index (χ4n) is 6.76. The Labute approximate surface area is 188 Å². The molecule has 3 aliphatic rings. The average molecular weight is 433 g/mol. The molecule has 0 spiro atoms. The van der Waals surface area contributed by atoms with Gasteiger partial charge in [0.15, 0.2) is 0 Å². The van der Waals surface area contributed by atoms with Crippen molar-refractivity contribution >= 4 is 0 Å². The van der Waals surface area contributed by atoms with Crippen molar-refractivity contribution < 1.29 is 20.4 Å². The van der Waals surface area contributed by atoms with Crippen LogP contribution in [0.3, 0.4) is 0 Å². The van der Waals surface area contributed by atoms with Gasteiger partial charge < -0.3 is 20.4 Å². The Morgan fingerprint density at radius 1 is 1.19 bits per heavy atom. The maximum absolute atomic E-state index is 10.4. The molecule has 31 heavy (non-hydrogen) atoms. The number of aliphatic hydroxyl groups excluding tert-OH is 3. The largest absolute Gasteiger partial charge is 0.390 e. The zero-order chi connectivity index (χ0) is 23.0. The molecule has 0 aliphatic heterocycles. The molecular formula is C27H44O4. The molecule has 0 heterocycles. The highest BCUT2D eigenvalue weighted by molar-refractivity contribution is 5.41. The van der Waals surface area contributed by atoms with E-state index in [0.29, 0.717) is 34.3 Å². The molecule has 0 bridgehead atoms. The van der Waals surface area contributed by atoms with Gasteiger partial charge in [-0.05, 0) is 86.7 Å². The first-order chi connectivity index (χ1) is 14.4. The van der Waals surface area contributed by atoms with Crippen LogP contribution in [0.4, 0.5) is 0 Å². The molecule has 7 atom stereocenters. The van der Waals surface area contributed by atoms with Crippen molar-refractivity contribution in [3.63, 3.8) is 0 Å². The van der Waals surface area contributed by atoms with Crippen LogP contribution in [0.15, 0.2) is 35.5 Å². The highest BCUT2D eigenvalue weighted by atomic mass is 16.3. The second-order valence-electron chi connectivity index (χ2n) is 11.4. The van der Waals surface area contributed by atoms with Gasteiger partial charge in [-0.15, -0.1) is 0 Å². The van der Waals surface area contributed by atoms with Crippen LogP contribution in [-0.4, -0.2) is 44.3 Å². The number of hydrogen-bond acceptors (Lipinski definition) is 4. The Bertz CT molecular complexity index is 715. The maximum atomic E-state index is 10.4. The van der Waals surface area contributed by atoms with Gasteiger partial charge in [0.2, 0.25) is 0 Å². The lowest BCUT2D eigenvalue weighted by atomic mass is 9.60. The summed E-state index contributed by atoms with van der Waals surface area (Å²) in [4.78, 5) is 0. The fraction of sp³-hybridized carbons (Fsp3) is 0.778. The molecule has 0 amide bonds. The molecule has 0 aromatic heterocycles. The minimum atomic E-state index is -0.977. The first-order valence-corrected chi connectivity index (χ1v) is 12.3. The molecule has 4 N–H and O–H groups in total. The van der Waals surface area contributed by atoms with Gasteiger partial charge in [-0.1, -0.05) is 51.0 Å². The van der Waals surface area contributed by atoms with E-state index in [1.807, 2.05) is 19.9 Å². The van der Waals surface area contributed by atoms with Crippen molar-refractivity contribution in [3.8, 4) is 0 Å². The Morgan fingerprint density at radius 2 is 1.90 bits per heavy atom. The quantitative estimate of drug-likeness (QED) is 0.491. The molecule has 1 unspecified atom stereocenters. The normalized spacial score (nSPS) is 40.4. The molecule has 0 radical (unpaired) electrons. The first-order valence-electron chi connectivity index (χ1n) is 12.3. The lowest BCUT2D eigenvalue weighted by Crippen LogP contribution is -2.39. The number of allylic oxidation sites excluding steroid dienone is 3. The van der Waals surface area contributed by atoms with Crippen LogP contribution in [0, 0.1) is 23.2 Å². The SMILES string of the molecule is C=C1C(=CC=C2CCC[C@@]3(C)C2CC[C@@H]3[C@H](C)CCCC(C)(C)O)[C@H](O)[C@@H](O)C[C@@H]1O.